The quantitative estimate of drug-likeness (QED) is 0.740. The molecule has 1 rings (SSSR count). The number of aliphatic hydroxyl groups excluding tert-OH is 1. The van der Waals surface area contributed by atoms with Crippen LogP contribution in [0.3, 0.4) is 0 Å². The van der Waals surface area contributed by atoms with Gasteiger partial charge in [0.05, 0.1) is 14.2 Å². The summed E-state index contributed by atoms with van der Waals surface area (Å²) in [5.74, 6) is 0.995. The fourth-order valence-electron chi connectivity index (χ4n) is 1.21. The van der Waals surface area contributed by atoms with Crippen molar-refractivity contribution in [2.24, 2.45) is 0 Å². The van der Waals surface area contributed by atoms with Crippen LogP contribution < -0.4 is 0 Å². The van der Waals surface area contributed by atoms with Crippen molar-refractivity contribution in [2.75, 3.05) is 20.8 Å². The Balaban J connectivity index is 3.09. The number of hydrogen-bond acceptors (Lipinski definition) is 3. The van der Waals surface area contributed by atoms with Gasteiger partial charge in [0.2, 0.25) is 0 Å². The molecule has 0 fully saturated rings. The van der Waals surface area contributed by atoms with Crippen LogP contribution in [0.1, 0.15) is 5.56 Å². The van der Waals surface area contributed by atoms with E-state index in [4.69, 9.17) is 14.6 Å². The monoisotopic (exact) mass is 194 g/mol. The number of hydrogen-bond donors (Lipinski definition) is 1. The summed E-state index contributed by atoms with van der Waals surface area (Å²) >= 11 is 0. The van der Waals surface area contributed by atoms with E-state index in [9.17, 15) is 0 Å². The van der Waals surface area contributed by atoms with Gasteiger partial charge in [0.15, 0.2) is 11.5 Å². The van der Waals surface area contributed by atoms with E-state index in [2.05, 4.69) is 0 Å². The van der Waals surface area contributed by atoms with E-state index in [1.807, 2.05) is 30.3 Å². The number of aliphatic hydroxyl groups is 1. The lowest BCUT2D eigenvalue weighted by atomic mass is 10.1. The molecule has 3 nitrogen and oxygen atoms in total. The molecule has 0 radical (unpaired) electrons. The molecule has 76 valence electrons. The third kappa shape index (κ3) is 2.26. The molecule has 1 aromatic rings. The molecular formula is C11H14O3. The minimum atomic E-state index is -0.172. The molecule has 3 heteroatoms. The summed E-state index contributed by atoms with van der Waals surface area (Å²) in [6.07, 6.45) is 0. The van der Waals surface area contributed by atoms with Gasteiger partial charge in [0.1, 0.15) is 6.61 Å². The Morgan fingerprint density at radius 3 is 2.21 bits per heavy atom. The molecule has 0 aromatic heterocycles. The first-order valence-corrected chi connectivity index (χ1v) is 4.31. The van der Waals surface area contributed by atoms with Crippen LogP contribution in [-0.2, 0) is 9.47 Å². The highest BCUT2D eigenvalue weighted by Crippen LogP contribution is 2.19. The van der Waals surface area contributed by atoms with E-state index >= 15 is 0 Å². The van der Waals surface area contributed by atoms with Crippen molar-refractivity contribution in [1.82, 2.24) is 0 Å². The summed E-state index contributed by atoms with van der Waals surface area (Å²) < 4.78 is 10.2. The van der Waals surface area contributed by atoms with E-state index in [-0.39, 0.29) is 6.61 Å². The minimum Gasteiger partial charge on any atom is -0.495 e. The summed E-state index contributed by atoms with van der Waals surface area (Å²) in [5, 5.41) is 9.03. The molecule has 0 spiro atoms. The highest BCUT2D eigenvalue weighted by molar-refractivity contribution is 5.61. The maximum Gasteiger partial charge on any atom is 0.166 e. The molecule has 14 heavy (non-hydrogen) atoms. The number of methoxy groups -OCH3 is 2. The van der Waals surface area contributed by atoms with Crippen LogP contribution in [-0.4, -0.2) is 25.9 Å². The van der Waals surface area contributed by atoms with Gasteiger partial charge in [0, 0.05) is 5.56 Å². The normalized spacial score (nSPS) is 11.9. The lowest BCUT2D eigenvalue weighted by molar-refractivity contribution is 0.195. The van der Waals surface area contributed by atoms with Gasteiger partial charge in [-0.2, -0.15) is 0 Å². The van der Waals surface area contributed by atoms with Crippen molar-refractivity contribution in [3.63, 3.8) is 0 Å². The van der Waals surface area contributed by atoms with Gasteiger partial charge < -0.3 is 14.6 Å². The molecule has 0 atom stereocenters. The first kappa shape index (κ1) is 10.6. The molecule has 1 N–H and O–H groups in total. The molecule has 0 amide bonds. The van der Waals surface area contributed by atoms with Gasteiger partial charge >= 0.3 is 0 Å². The second-order valence-corrected chi connectivity index (χ2v) is 2.68. The summed E-state index contributed by atoms with van der Waals surface area (Å²) in [4.78, 5) is 0. The lowest BCUT2D eigenvalue weighted by Gasteiger charge is -2.11. The Morgan fingerprint density at radius 1 is 1.14 bits per heavy atom. The van der Waals surface area contributed by atoms with Crippen molar-refractivity contribution in [2.45, 2.75) is 0 Å². The molecule has 0 bridgehead atoms. The van der Waals surface area contributed by atoms with Crippen LogP contribution in [0.15, 0.2) is 36.1 Å². The van der Waals surface area contributed by atoms with E-state index in [1.54, 1.807) is 7.11 Å². The molecule has 0 unspecified atom stereocenters. The van der Waals surface area contributed by atoms with Crippen LogP contribution >= 0.6 is 0 Å². The van der Waals surface area contributed by atoms with Crippen LogP contribution in [0.4, 0.5) is 0 Å². The Bertz CT molecular complexity index is 298. The summed E-state index contributed by atoms with van der Waals surface area (Å²) in [6.45, 7) is -0.172. The van der Waals surface area contributed by atoms with Crippen molar-refractivity contribution in [1.29, 1.82) is 0 Å². The number of benzene rings is 1. The van der Waals surface area contributed by atoms with E-state index in [0.29, 0.717) is 11.5 Å². The second-order valence-electron chi connectivity index (χ2n) is 2.68. The van der Waals surface area contributed by atoms with Crippen molar-refractivity contribution >= 4 is 5.76 Å². The zero-order valence-electron chi connectivity index (χ0n) is 8.36. The smallest absolute Gasteiger partial charge is 0.166 e. The number of rotatable bonds is 4. The van der Waals surface area contributed by atoms with Gasteiger partial charge in [-0.25, -0.2) is 0 Å². The maximum absolute atomic E-state index is 9.03. The van der Waals surface area contributed by atoms with Crippen molar-refractivity contribution < 1.29 is 14.6 Å². The van der Waals surface area contributed by atoms with E-state index in [0.717, 1.165) is 5.56 Å². The Labute approximate surface area is 83.6 Å². The molecule has 0 aliphatic rings. The maximum atomic E-state index is 9.03. The fraction of sp³-hybridized carbons (Fsp3) is 0.273. The Morgan fingerprint density at radius 2 is 1.79 bits per heavy atom. The van der Waals surface area contributed by atoms with Crippen LogP contribution in [0.5, 0.6) is 0 Å². The largest absolute Gasteiger partial charge is 0.495 e. The standard InChI is InChI=1S/C11H14O3/c1-13-10(8-12)11(14-2)9-6-4-3-5-7-9/h3-7,12H,8H2,1-2H3/b11-10+. The minimum absolute atomic E-state index is 0.172. The molecule has 0 heterocycles. The second kappa shape index (κ2) is 5.29. The molecule has 0 aliphatic carbocycles. The highest BCUT2D eigenvalue weighted by Gasteiger charge is 2.08. The summed E-state index contributed by atoms with van der Waals surface area (Å²) in [7, 11) is 3.06. The Kier molecular flexibility index (Phi) is 4.01. The lowest BCUT2D eigenvalue weighted by Crippen LogP contribution is -2.00. The zero-order valence-corrected chi connectivity index (χ0v) is 8.36. The average Bonchev–Trinajstić information content (AvgIpc) is 2.27. The third-order valence-corrected chi connectivity index (χ3v) is 1.88. The SMILES string of the molecule is CO/C(CO)=C(/OC)c1ccccc1. The first-order chi connectivity index (χ1) is 6.83. The van der Waals surface area contributed by atoms with Gasteiger partial charge in [-0.1, -0.05) is 30.3 Å². The van der Waals surface area contributed by atoms with Crippen LogP contribution in [0.2, 0.25) is 0 Å². The summed E-state index contributed by atoms with van der Waals surface area (Å²) in [6, 6.07) is 9.52. The Hall–Kier alpha value is -1.48. The third-order valence-electron chi connectivity index (χ3n) is 1.88. The number of ether oxygens (including phenoxy) is 2. The van der Waals surface area contributed by atoms with Crippen molar-refractivity contribution in [3.05, 3.63) is 41.7 Å². The molecule has 0 saturated heterocycles. The average molecular weight is 194 g/mol. The van der Waals surface area contributed by atoms with Crippen molar-refractivity contribution in [3.8, 4) is 0 Å². The molecular weight excluding hydrogens is 180 g/mol. The van der Waals surface area contributed by atoms with E-state index in [1.165, 1.54) is 7.11 Å². The molecule has 0 aliphatic heterocycles. The fourth-order valence-corrected chi connectivity index (χ4v) is 1.21. The van der Waals surface area contributed by atoms with Gasteiger partial charge in [-0.3, -0.25) is 0 Å². The molecule has 0 saturated carbocycles. The van der Waals surface area contributed by atoms with Gasteiger partial charge in [-0.05, 0) is 0 Å². The topological polar surface area (TPSA) is 38.7 Å². The summed E-state index contributed by atoms with van der Waals surface area (Å²) in [5.41, 5.74) is 0.890. The first-order valence-electron chi connectivity index (χ1n) is 4.31. The van der Waals surface area contributed by atoms with Gasteiger partial charge in [0.25, 0.3) is 0 Å². The molecule has 1 aromatic carbocycles. The predicted molar refractivity (Wildman–Crippen MR) is 54.5 cm³/mol. The zero-order chi connectivity index (χ0) is 10.4. The van der Waals surface area contributed by atoms with Crippen LogP contribution in [0.25, 0.3) is 5.76 Å². The highest BCUT2D eigenvalue weighted by atomic mass is 16.5. The van der Waals surface area contributed by atoms with E-state index < -0.39 is 0 Å². The van der Waals surface area contributed by atoms with Crippen LogP contribution in [0, 0.1) is 0 Å². The predicted octanol–water partition coefficient (Wildman–Crippen LogP) is 1.64. The van der Waals surface area contributed by atoms with Gasteiger partial charge in [-0.15, -0.1) is 0 Å².